The van der Waals surface area contributed by atoms with Gasteiger partial charge in [0, 0.05) is 0 Å². The van der Waals surface area contributed by atoms with Crippen LogP contribution in [0.1, 0.15) is 0 Å². The molecule has 0 aromatic heterocycles. The molecule has 0 fully saturated rings. The zero-order valence-corrected chi connectivity index (χ0v) is 5.49. The summed E-state index contributed by atoms with van der Waals surface area (Å²) in [5, 5.41) is 0. The van der Waals surface area contributed by atoms with Gasteiger partial charge in [0.2, 0.25) is 0 Å². The predicted octanol–water partition coefficient (Wildman–Crippen LogP) is 0.616. The van der Waals surface area contributed by atoms with Crippen LogP contribution in [-0.2, 0) is 4.79 Å². The van der Waals surface area contributed by atoms with E-state index in [1.54, 1.807) is 0 Å². The molecule has 54 valence electrons. The summed E-state index contributed by atoms with van der Waals surface area (Å²) < 4.78 is 4.99. The van der Waals surface area contributed by atoms with Crippen LogP contribution in [0.4, 0.5) is 0 Å². The van der Waals surface area contributed by atoms with E-state index in [2.05, 4.69) is 0 Å². The number of ether oxygens (including phenoxy) is 1. The molecule has 1 rings (SSSR count). The first-order chi connectivity index (χ1) is 4.93. The normalized spacial score (nSPS) is 8.00. The van der Waals surface area contributed by atoms with Crippen LogP contribution in [0.3, 0.4) is 0 Å². The Labute approximate surface area is 108 Å². The Bertz CT molecular complexity index is 199. The third kappa shape index (κ3) is 4.71. The van der Waals surface area contributed by atoms with Gasteiger partial charge in [-0.3, -0.25) is 4.79 Å². The molecule has 0 saturated heterocycles. The van der Waals surface area contributed by atoms with Gasteiger partial charge >= 0.3 is 51.4 Å². The zero-order chi connectivity index (χ0) is 7.23. The van der Waals surface area contributed by atoms with E-state index in [4.69, 9.17) is 4.74 Å². The average Bonchev–Trinajstić information content (AvgIpc) is 2.03. The van der Waals surface area contributed by atoms with E-state index >= 15 is 0 Å². The van der Waals surface area contributed by atoms with Crippen LogP contribution in [0.15, 0.2) is 30.3 Å². The monoisotopic (exact) mass is 176 g/mol. The number of rotatable bonds is 3. The molecule has 3 heteroatoms. The van der Waals surface area contributed by atoms with Crippen molar-refractivity contribution in [2.45, 2.75) is 0 Å². The molecule has 1 aromatic rings. The number of hydrogen-bond donors (Lipinski definition) is 0. The van der Waals surface area contributed by atoms with Gasteiger partial charge in [0.15, 0.2) is 6.29 Å². The van der Waals surface area contributed by atoms with Crippen LogP contribution in [0, 0.1) is 0 Å². The molecule has 0 aliphatic rings. The summed E-state index contributed by atoms with van der Waals surface area (Å²) in [4.78, 5) is 9.85. The van der Waals surface area contributed by atoms with Crippen molar-refractivity contribution in [1.29, 1.82) is 0 Å². The molecule has 0 aliphatic heterocycles. The standard InChI is InChI=1S/C8H8O2.K.H/c9-6-7-10-8-4-2-1-3-5-8;;/h1-6H,7H2;;. The Kier molecular flexibility index (Phi) is 7.21. The van der Waals surface area contributed by atoms with Crippen molar-refractivity contribution in [3.05, 3.63) is 30.3 Å². The molecule has 2 nitrogen and oxygen atoms in total. The van der Waals surface area contributed by atoms with E-state index in [-0.39, 0.29) is 58.0 Å². The number of benzene rings is 1. The van der Waals surface area contributed by atoms with Crippen LogP contribution in [0.25, 0.3) is 0 Å². The molecular weight excluding hydrogens is 167 g/mol. The molecule has 11 heavy (non-hydrogen) atoms. The van der Waals surface area contributed by atoms with Gasteiger partial charge in [-0.1, -0.05) is 18.2 Å². The van der Waals surface area contributed by atoms with E-state index in [0.29, 0.717) is 0 Å². The van der Waals surface area contributed by atoms with E-state index in [1.807, 2.05) is 30.3 Å². The van der Waals surface area contributed by atoms with Crippen LogP contribution in [0.2, 0.25) is 0 Å². The molecule has 0 unspecified atom stereocenters. The van der Waals surface area contributed by atoms with Crippen LogP contribution >= 0.6 is 0 Å². The van der Waals surface area contributed by atoms with Crippen molar-refractivity contribution in [3.8, 4) is 5.75 Å². The van der Waals surface area contributed by atoms with Crippen LogP contribution in [0.5, 0.6) is 5.75 Å². The maximum absolute atomic E-state index is 9.85. The molecule has 0 saturated carbocycles. The second-order valence-electron chi connectivity index (χ2n) is 1.79. The van der Waals surface area contributed by atoms with Gasteiger partial charge in [-0.25, -0.2) is 0 Å². The molecule has 0 bridgehead atoms. The second kappa shape index (κ2) is 7.00. The van der Waals surface area contributed by atoms with E-state index < -0.39 is 0 Å². The van der Waals surface area contributed by atoms with Crippen molar-refractivity contribution >= 4 is 57.7 Å². The van der Waals surface area contributed by atoms with Gasteiger partial charge in [-0.05, 0) is 12.1 Å². The second-order valence-corrected chi connectivity index (χ2v) is 1.79. The van der Waals surface area contributed by atoms with Crippen LogP contribution < -0.4 is 4.74 Å². The first-order valence-electron chi connectivity index (χ1n) is 3.05. The van der Waals surface area contributed by atoms with Crippen LogP contribution in [-0.4, -0.2) is 64.3 Å². The van der Waals surface area contributed by atoms with E-state index in [0.717, 1.165) is 12.0 Å². The van der Waals surface area contributed by atoms with Gasteiger partial charge < -0.3 is 4.74 Å². The molecule has 0 N–H and O–H groups in total. The third-order valence-corrected chi connectivity index (χ3v) is 1.06. The fraction of sp³-hybridized carbons (Fsp3) is 0.125. The molecule has 0 radical (unpaired) electrons. The molecule has 0 spiro atoms. The number of para-hydroxylation sites is 1. The molecule has 0 aliphatic carbocycles. The third-order valence-electron chi connectivity index (χ3n) is 1.06. The molecule has 0 atom stereocenters. The minimum atomic E-state index is 0. The first kappa shape index (κ1) is 11.3. The Morgan fingerprint density at radius 3 is 2.45 bits per heavy atom. The fourth-order valence-corrected chi connectivity index (χ4v) is 0.647. The fourth-order valence-electron chi connectivity index (χ4n) is 0.647. The average molecular weight is 176 g/mol. The summed E-state index contributed by atoms with van der Waals surface area (Å²) in [7, 11) is 0. The number of aldehydes is 1. The molecule has 0 amide bonds. The molecule has 1 aromatic carbocycles. The SMILES string of the molecule is O=CCOc1ccccc1.[KH]. The Balaban J connectivity index is 0.000001000. The van der Waals surface area contributed by atoms with Crippen molar-refractivity contribution in [3.63, 3.8) is 0 Å². The van der Waals surface area contributed by atoms with Gasteiger partial charge in [-0.2, -0.15) is 0 Å². The Morgan fingerprint density at radius 1 is 1.27 bits per heavy atom. The van der Waals surface area contributed by atoms with Crippen molar-refractivity contribution in [2.75, 3.05) is 6.61 Å². The van der Waals surface area contributed by atoms with Crippen molar-refractivity contribution in [1.82, 2.24) is 0 Å². The number of carbonyl (C=O) groups is 1. The van der Waals surface area contributed by atoms with Crippen molar-refractivity contribution in [2.24, 2.45) is 0 Å². The quantitative estimate of drug-likeness (QED) is 0.498. The van der Waals surface area contributed by atoms with Gasteiger partial charge in [0.1, 0.15) is 12.4 Å². The van der Waals surface area contributed by atoms with Gasteiger partial charge in [0.05, 0.1) is 0 Å². The topological polar surface area (TPSA) is 26.3 Å². The summed E-state index contributed by atoms with van der Waals surface area (Å²) >= 11 is 0. The predicted molar refractivity (Wildman–Crippen MR) is 45.2 cm³/mol. The summed E-state index contributed by atoms with van der Waals surface area (Å²) in [6.45, 7) is 0.129. The summed E-state index contributed by atoms with van der Waals surface area (Å²) in [6, 6.07) is 9.24. The first-order valence-corrected chi connectivity index (χ1v) is 3.05. The maximum atomic E-state index is 9.85. The zero-order valence-electron chi connectivity index (χ0n) is 5.49. The van der Waals surface area contributed by atoms with Gasteiger partial charge in [-0.15, -0.1) is 0 Å². The Hall–Kier alpha value is 0.326. The Morgan fingerprint density at radius 2 is 1.91 bits per heavy atom. The molecular formula is C8H9KO2. The summed E-state index contributed by atoms with van der Waals surface area (Å²) in [5.41, 5.74) is 0. The minimum absolute atomic E-state index is 0. The number of carbonyl (C=O) groups excluding carboxylic acids is 1. The van der Waals surface area contributed by atoms with E-state index in [9.17, 15) is 4.79 Å². The summed E-state index contributed by atoms with van der Waals surface area (Å²) in [5.74, 6) is 0.731. The summed E-state index contributed by atoms with van der Waals surface area (Å²) in [6.07, 6.45) is 0.729. The van der Waals surface area contributed by atoms with Gasteiger partial charge in [0.25, 0.3) is 0 Å². The number of hydrogen-bond acceptors (Lipinski definition) is 2. The molecule has 0 heterocycles. The van der Waals surface area contributed by atoms with E-state index in [1.165, 1.54) is 0 Å². The van der Waals surface area contributed by atoms with Crippen molar-refractivity contribution < 1.29 is 9.53 Å².